The minimum Gasteiger partial charge on any atom is -0.468 e. The van der Waals surface area contributed by atoms with Gasteiger partial charge in [-0.3, -0.25) is 4.79 Å². The molecule has 0 bridgehead atoms. The Morgan fingerprint density at radius 2 is 2.00 bits per heavy atom. The number of fused-ring (bicyclic) bond motifs is 1. The quantitative estimate of drug-likeness (QED) is 0.338. The lowest BCUT2D eigenvalue weighted by Crippen LogP contribution is -2.33. The maximum atomic E-state index is 13.1. The van der Waals surface area contributed by atoms with Crippen molar-refractivity contribution in [3.8, 4) is 5.75 Å². The number of benzene rings is 2. The maximum absolute atomic E-state index is 13.1. The number of carbonyl (C=O) groups excluding carboxylic acids is 1. The highest BCUT2D eigenvalue weighted by molar-refractivity contribution is 7.88. The van der Waals surface area contributed by atoms with Gasteiger partial charge in [-0.25, -0.2) is 13.1 Å². The van der Waals surface area contributed by atoms with Crippen molar-refractivity contribution in [1.82, 2.24) is 9.62 Å². The fourth-order valence-corrected chi connectivity index (χ4v) is 4.04. The van der Waals surface area contributed by atoms with E-state index in [0.717, 1.165) is 17.4 Å². The van der Waals surface area contributed by atoms with Crippen molar-refractivity contribution in [2.75, 3.05) is 31.9 Å². The summed E-state index contributed by atoms with van der Waals surface area (Å²) < 4.78 is 36.4. The molecule has 0 spiro atoms. The van der Waals surface area contributed by atoms with Crippen molar-refractivity contribution in [3.05, 3.63) is 59.2 Å². The topological polar surface area (TPSA) is 111 Å². The summed E-state index contributed by atoms with van der Waals surface area (Å²) in [5.74, 6) is 0.457. The molecule has 0 fully saturated rings. The van der Waals surface area contributed by atoms with E-state index >= 15 is 0 Å². The number of nitrogens with one attached hydrogen (secondary N) is 1. The van der Waals surface area contributed by atoms with Gasteiger partial charge >= 0.3 is 0 Å². The Hall–Kier alpha value is -2.62. The first-order chi connectivity index (χ1) is 14.3. The monoisotopic (exact) mass is 433 g/mol. The predicted molar refractivity (Wildman–Crippen MR) is 114 cm³/mol. The average Bonchev–Trinajstić information content (AvgIpc) is 3.02. The van der Waals surface area contributed by atoms with Crippen LogP contribution in [0.5, 0.6) is 5.75 Å². The highest BCUT2D eigenvalue weighted by Gasteiger charge is 2.34. The Morgan fingerprint density at radius 3 is 2.70 bits per heavy atom. The zero-order chi connectivity index (χ0) is 21.7. The Morgan fingerprint density at radius 1 is 1.23 bits per heavy atom. The molecule has 0 saturated heterocycles. The number of carbonyl (C=O) groups is 1. The SMILES string of the molecule is CCOCOc1cccc(C(CCNS(C)(=O)=O)N2Cc3cccc(N)c3C2=O)c1. The molecule has 1 heterocycles. The van der Waals surface area contributed by atoms with Crippen LogP contribution >= 0.6 is 0 Å². The van der Waals surface area contributed by atoms with E-state index in [0.29, 0.717) is 36.6 Å². The van der Waals surface area contributed by atoms with Crippen LogP contribution in [-0.2, 0) is 21.3 Å². The van der Waals surface area contributed by atoms with Crippen molar-refractivity contribution < 1.29 is 22.7 Å². The van der Waals surface area contributed by atoms with E-state index in [-0.39, 0.29) is 25.3 Å². The molecule has 0 aliphatic carbocycles. The van der Waals surface area contributed by atoms with Gasteiger partial charge in [-0.1, -0.05) is 24.3 Å². The van der Waals surface area contributed by atoms with Gasteiger partial charge in [0.05, 0.1) is 17.9 Å². The number of hydrogen-bond donors (Lipinski definition) is 2. The van der Waals surface area contributed by atoms with Gasteiger partial charge in [-0.15, -0.1) is 0 Å². The van der Waals surface area contributed by atoms with Crippen molar-refractivity contribution >= 4 is 21.6 Å². The molecule has 1 aliphatic rings. The molecule has 2 aromatic carbocycles. The number of nitrogen functional groups attached to an aromatic ring is 1. The van der Waals surface area contributed by atoms with Gasteiger partial charge in [0, 0.05) is 25.4 Å². The first-order valence-corrected chi connectivity index (χ1v) is 11.6. The van der Waals surface area contributed by atoms with E-state index in [4.69, 9.17) is 15.2 Å². The normalized spacial score (nSPS) is 14.6. The van der Waals surface area contributed by atoms with Crippen LogP contribution in [-0.4, -0.2) is 45.4 Å². The molecule has 8 nitrogen and oxygen atoms in total. The van der Waals surface area contributed by atoms with Crippen LogP contribution in [0.15, 0.2) is 42.5 Å². The molecule has 1 aliphatic heterocycles. The molecule has 2 aromatic rings. The van der Waals surface area contributed by atoms with Gasteiger partial charge in [-0.05, 0) is 42.7 Å². The summed E-state index contributed by atoms with van der Waals surface area (Å²) in [7, 11) is -3.34. The summed E-state index contributed by atoms with van der Waals surface area (Å²) >= 11 is 0. The standard InChI is InChI=1S/C21H27N3O5S/c1-3-28-14-29-17-8-4-6-15(12-17)19(10-11-23-30(2,26)27)24-13-16-7-5-9-18(22)20(16)21(24)25/h4-9,12,19,23H,3,10-11,13-14,22H2,1-2H3. The molecule has 0 saturated carbocycles. The van der Waals surface area contributed by atoms with E-state index in [1.807, 2.05) is 43.3 Å². The number of ether oxygens (including phenoxy) is 2. The average molecular weight is 434 g/mol. The Kier molecular flexibility index (Phi) is 6.96. The molecule has 162 valence electrons. The molecule has 0 aromatic heterocycles. The van der Waals surface area contributed by atoms with Crippen molar-refractivity contribution in [3.63, 3.8) is 0 Å². The summed E-state index contributed by atoms with van der Waals surface area (Å²) in [6.07, 6.45) is 1.52. The molecule has 0 radical (unpaired) electrons. The number of nitrogens with two attached hydrogens (primary N) is 1. The minimum absolute atomic E-state index is 0.130. The first kappa shape index (κ1) is 22.1. The number of anilines is 1. The van der Waals surface area contributed by atoms with Crippen LogP contribution in [0, 0.1) is 0 Å². The van der Waals surface area contributed by atoms with E-state index in [1.54, 1.807) is 11.0 Å². The van der Waals surface area contributed by atoms with Crippen LogP contribution in [0.1, 0.15) is 40.9 Å². The largest absolute Gasteiger partial charge is 0.468 e. The van der Waals surface area contributed by atoms with Crippen LogP contribution in [0.25, 0.3) is 0 Å². The molecule has 3 rings (SSSR count). The van der Waals surface area contributed by atoms with Gasteiger partial charge < -0.3 is 20.1 Å². The Labute approximate surface area is 177 Å². The molecule has 1 atom stereocenters. The number of amides is 1. The lowest BCUT2D eigenvalue weighted by molar-refractivity contribution is 0.0222. The lowest BCUT2D eigenvalue weighted by atomic mass is 10.0. The third-order valence-corrected chi connectivity index (χ3v) is 5.64. The van der Waals surface area contributed by atoms with E-state index in [9.17, 15) is 13.2 Å². The maximum Gasteiger partial charge on any atom is 0.257 e. The third kappa shape index (κ3) is 5.29. The Balaban J connectivity index is 1.87. The second-order valence-electron chi connectivity index (χ2n) is 7.11. The van der Waals surface area contributed by atoms with Gasteiger partial charge in [0.1, 0.15) is 5.75 Å². The van der Waals surface area contributed by atoms with Gasteiger partial charge in [0.2, 0.25) is 10.0 Å². The highest BCUT2D eigenvalue weighted by Crippen LogP contribution is 2.36. The van der Waals surface area contributed by atoms with Crippen molar-refractivity contribution in [1.29, 1.82) is 0 Å². The van der Waals surface area contributed by atoms with Crippen LogP contribution < -0.4 is 15.2 Å². The van der Waals surface area contributed by atoms with E-state index < -0.39 is 10.0 Å². The zero-order valence-electron chi connectivity index (χ0n) is 17.1. The summed E-state index contributed by atoms with van der Waals surface area (Å²) in [6, 6.07) is 12.5. The van der Waals surface area contributed by atoms with Crippen LogP contribution in [0.2, 0.25) is 0 Å². The first-order valence-electron chi connectivity index (χ1n) is 9.73. The number of hydrogen-bond acceptors (Lipinski definition) is 6. The molecule has 30 heavy (non-hydrogen) atoms. The summed E-state index contributed by atoms with van der Waals surface area (Å²) in [5, 5.41) is 0. The van der Waals surface area contributed by atoms with E-state index in [1.165, 1.54) is 0 Å². The molecule has 9 heteroatoms. The summed E-state index contributed by atoms with van der Waals surface area (Å²) in [6.45, 7) is 3.16. The molecular weight excluding hydrogens is 406 g/mol. The Bertz CT molecular complexity index is 1010. The highest BCUT2D eigenvalue weighted by atomic mass is 32.2. The molecule has 1 unspecified atom stereocenters. The summed E-state index contributed by atoms with van der Waals surface area (Å²) in [5.41, 5.74) is 8.71. The fourth-order valence-electron chi connectivity index (χ4n) is 3.55. The minimum atomic E-state index is -3.34. The smallest absolute Gasteiger partial charge is 0.257 e. The van der Waals surface area contributed by atoms with Gasteiger partial charge in [-0.2, -0.15) is 0 Å². The summed E-state index contributed by atoms with van der Waals surface area (Å²) in [4.78, 5) is 14.9. The number of nitrogens with zero attached hydrogens (tertiary/aromatic N) is 1. The lowest BCUT2D eigenvalue weighted by Gasteiger charge is -2.29. The third-order valence-electron chi connectivity index (χ3n) is 4.91. The molecule has 3 N–H and O–H groups in total. The zero-order valence-corrected chi connectivity index (χ0v) is 17.9. The van der Waals surface area contributed by atoms with Crippen LogP contribution in [0.4, 0.5) is 5.69 Å². The van der Waals surface area contributed by atoms with Crippen molar-refractivity contribution in [2.45, 2.75) is 25.9 Å². The molecular formula is C21H27N3O5S. The fraction of sp³-hybridized carbons (Fsp3) is 0.381. The van der Waals surface area contributed by atoms with E-state index in [2.05, 4.69) is 4.72 Å². The van der Waals surface area contributed by atoms with Gasteiger partial charge in [0.25, 0.3) is 5.91 Å². The second-order valence-corrected chi connectivity index (χ2v) is 8.95. The van der Waals surface area contributed by atoms with Crippen LogP contribution in [0.3, 0.4) is 0 Å². The second kappa shape index (κ2) is 9.46. The number of rotatable bonds is 10. The predicted octanol–water partition coefficient (Wildman–Crippen LogP) is 2.28. The van der Waals surface area contributed by atoms with Gasteiger partial charge in [0.15, 0.2) is 6.79 Å². The number of sulfonamides is 1. The molecule has 1 amide bonds. The van der Waals surface area contributed by atoms with Crippen molar-refractivity contribution in [2.24, 2.45) is 0 Å².